The van der Waals surface area contributed by atoms with Crippen LogP contribution in [-0.2, 0) is 17.9 Å². The number of hydrogen-bond donors (Lipinski definition) is 1. The maximum atomic E-state index is 13.5. The predicted octanol–water partition coefficient (Wildman–Crippen LogP) is 5.53. The lowest BCUT2D eigenvalue weighted by molar-refractivity contribution is -0.136. The number of hydrogen-bond acceptors (Lipinski definition) is 2. The number of carbonyl (C=O) groups is 1. The number of aromatic hydroxyl groups is 1. The minimum absolute atomic E-state index is 0.0611. The van der Waals surface area contributed by atoms with Gasteiger partial charge in [-0.3, -0.25) is 4.79 Å². The van der Waals surface area contributed by atoms with Gasteiger partial charge in [0.05, 0.1) is 0 Å². The summed E-state index contributed by atoms with van der Waals surface area (Å²) in [4.78, 5) is 15.4. The zero-order chi connectivity index (χ0) is 20.6. The molecule has 0 saturated heterocycles. The molecule has 1 N–H and O–H groups in total. The van der Waals surface area contributed by atoms with Gasteiger partial charge >= 0.3 is 0 Å². The van der Waals surface area contributed by atoms with Gasteiger partial charge in [-0.05, 0) is 28.8 Å². The van der Waals surface area contributed by atoms with Crippen LogP contribution < -0.4 is 0 Å². The minimum Gasteiger partial charge on any atom is -0.508 e. The molecule has 0 aliphatic rings. The van der Waals surface area contributed by atoms with Crippen molar-refractivity contribution in [3.8, 4) is 5.75 Å². The number of carbonyl (C=O) groups excluding carboxylic acids is 1. The van der Waals surface area contributed by atoms with E-state index in [-0.39, 0.29) is 23.5 Å². The Labute approximate surface area is 172 Å². The van der Waals surface area contributed by atoms with E-state index in [9.17, 15) is 9.90 Å². The van der Waals surface area contributed by atoms with Crippen LogP contribution >= 0.6 is 0 Å². The molecule has 0 saturated carbocycles. The first-order valence-corrected chi connectivity index (χ1v) is 9.86. The van der Waals surface area contributed by atoms with Crippen LogP contribution in [0.2, 0.25) is 0 Å². The van der Waals surface area contributed by atoms with Gasteiger partial charge in [-0.1, -0.05) is 85.8 Å². The zero-order valence-electron chi connectivity index (χ0n) is 16.7. The van der Waals surface area contributed by atoms with Crippen molar-refractivity contribution < 1.29 is 9.90 Å². The largest absolute Gasteiger partial charge is 0.508 e. The fourth-order valence-electron chi connectivity index (χ4n) is 3.62. The van der Waals surface area contributed by atoms with Gasteiger partial charge in [0.1, 0.15) is 5.75 Å². The van der Waals surface area contributed by atoms with Gasteiger partial charge in [-0.25, -0.2) is 0 Å². The molecule has 2 atom stereocenters. The van der Waals surface area contributed by atoms with Crippen LogP contribution in [0.15, 0.2) is 97.6 Å². The molecular weight excluding hydrogens is 358 g/mol. The lowest BCUT2D eigenvalue weighted by Crippen LogP contribution is -2.36. The number of amides is 1. The monoisotopic (exact) mass is 385 g/mol. The third-order valence-electron chi connectivity index (χ3n) is 5.18. The first-order valence-electron chi connectivity index (χ1n) is 9.86. The van der Waals surface area contributed by atoms with E-state index < -0.39 is 0 Å². The van der Waals surface area contributed by atoms with Crippen molar-refractivity contribution in [2.24, 2.45) is 5.92 Å². The first-order chi connectivity index (χ1) is 14.1. The Hall–Kier alpha value is -3.33. The van der Waals surface area contributed by atoms with Crippen molar-refractivity contribution >= 4 is 5.91 Å². The summed E-state index contributed by atoms with van der Waals surface area (Å²) in [7, 11) is 0. The van der Waals surface area contributed by atoms with Crippen LogP contribution in [0.5, 0.6) is 5.75 Å². The number of phenolic OH excluding ortho intramolecular Hbond substituents is 1. The van der Waals surface area contributed by atoms with E-state index in [1.807, 2.05) is 78.6 Å². The molecule has 3 nitrogen and oxygen atoms in total. The Kier molecular flexibility index (Phi) is 6.85. The Balaban J connectivity index is 1.86. The van der Waals surface area contributed by atoms with Crippen molar-refractivity contribution in [3.63, 3.8) is 0 Å². The average molecular weight is 386 g/mol. The maximum absolute atomic E-state index is 13.5. The van der Waals surface area contributed by atoms with Crippen LogP contribution in [0.3, 0.4) is 0 Å². The van der Waals surface area contributed by atoms with E-state index in [1.165, 1.54) is 0 Å². The minimum atomic E-state index is -0.304. The Morgan fingerprint density at radius 2 is 1.48 bits per heavy atom. The fourth-order valence-corrected chi connectivity index (χ4v) is 3.62. The van der Waals surface area contributed by atoms with Gasteiger partial charge in [-0.15, -0.1) is 6.58 Å². The lowest BCUT2D eigenvalue weighted by atomic mass is 9.86. The summed E-state index contributed by atoms with van der Waals surface area (Å²) in [5.74, 6) is -0.226. The van der Waals surface area contributed by atoms with Crippen LogP contribution in [0.25, 0.3) is 0 Å². The SMILES string of the molecule is C=C[C@@H](c1cccc(O)c1)[C@@H](C)C(=O)N(Cc1ccccc1)Cc1ccccc1. The van der Waals surface area contributed by atoms with Crippen molar-refractivity contribution in [2.75, 3.05) is 0 Å². The fraction of sp³-hybridized carbons (Fsp3) is 0.192. The number of nitrogens with zero attached hydrogens (tertiary/aromatic N) is 1. The molecule has 3 rings (SSSR count). The molecule has 0 bridgehead atoms. The Morgan fingerprint density at radius 3 is 1.97 bits per heavy atom. The van der Waals surface area contributed by atoms with Gasteiger partial charge in [0, 0.05) is 24.9 Å². The normalized spacial score (nSPS) is 12.7. The molecule has 0 heterocycles. The van der Waals surface area contributed by atoms with Gasteiger partial charge < -0.3 is 10.0 Å². The number of rotatable bonds is 8. The Bertz CT molecular complexity index is 896. The smallest absolute Gasteiger partial charge is 0.226 e. The van der Waals surface area contributed by atoms with E-state index in [2.05, 4.69) is 6.58 Å². The molecule has 0 unspecified atom stereocenters. The molecule has 0 radical (unpaired) electrons. The van der Waals surface area contributed by atoms with Crippen molar-refractivity contribution in [1.29, 1.82) is 0 Å². The van der Waals surface area contributed by atoms with Gasteiger partial charge in [0.15, 0.2) is 0 Å². The van der Waals surface area contributed by atoms with E-state index in [0.717, 1.165) is 16.7 Å². The number of benzene rings is 3. The van der Waals surface area contributed by atoms with Crippen LogP contribution in [0.4, 0.5) is 0 Å². The van der Waals surface area contributed by atoms with E-state index in [0.29, 0.717) is 13.1 Å². The molecule has 0 aromatic heterocycles. The summed E-state index contributed by atoms with van der Waals surface area (Å²) >= 11 is 0. The summed E-state index contributed by atoms with van der Waals surface area (Å²) in [6.07, 6.45) is 1.79. The molecule has 0 aliphatic heterocycles. The third-order valence-corrected chi connectivity index (χ3v) is 5.18. The maximum Gasteiger partial charge on any atom is 0.226 e. The summed E-state index contributed by atoms with van der Waals surface area (Å²) in [5.41, 5.74) is 3.08. The number of phenols is 1. The summed E-state index contributed by atoms with van der Waals surface area (Å²) in [6, 6.07) is 27.1. The molecule has 0 fully saturated rings. The van der Waals surface area contributed by atoms with Gasteiger partial charge in [0.25, 0.3) is 0 Å². The van der Waals surface area contributed by atoms with Crippen LogP contribution in [-0.4, -0.2) is 15.9 Å². The summed E-state index contributed by atoms with van der Waals surface area (Å²) in [5, 5.41) is 9.85. The highest BCUT2D eigenvalue weighted by Crippen LogP contribution is 2.30. The highest BCUT2D eigenvalue weighted by Gasteiger charge is 2.28. The van der Waals surface area contributed by atoms with E-state index in [1.54, 1.807) is 24.3 Å². The second kappa shape index (κ2) is 9.74. The molecule has 0 spiro atoms. The molecule has 1 amide bonds. The standard InChI is InChI=1S/C26H27NO2/c1-3-25(23-15-10-16-24(28)17-23)20(2)26(29)27(18-21-11-6-4-7-12-21)19-22-13-8-5-9-14-22/h3-17,20,25,28H,1,18-19H2,2H3/t20-,25-/m1/s1. The number of allylic oxidation sites excluding steroid dienone is 1. The van der Waals surface area contributed by atoms with Crippen LogP contribution in [0.1, 0.15) is 29.5 Å². The quantitative estimate of drug-likeness (QED) is 0.518. The zero-order valence-corrected chi connectivity index (χ0v) is 16.7. The van der Waals surface area contributed by atoms with Gasteiger partial charge in [-0.2, -0.15) is 0 Å². The molecule has 0 aliphatic carbocycles. The summed E-state index contributed by atoms with van der Waals surface area (Å²) in [6.45, 7) is 6.97. The molecule has 3 heteroatoms. The van der Waals surface area contributed by atoms with Crippen molar-refractivity contribution in [1.82, 2.24) is 4.90 Å². The topological polar surface area (TPSA) is 40.5 Å². The molecule has 29 heavy (non-hydrogen) atoms. The van der Waals surface area contributed by atoms with E-state index in [4.69, 9.17) is 0 Å². The third kappa shape index (κ3) is 5.35. The van der Waals surface area contributed by atoms with Crippen molar-refractivity contribution in [2.45, 2.75) is 25.9 Å². The second-order valence-electron chi connectivity index (χ2n) is 7.31. The van der Waals surface area contributed by atoms with E-state index >= 15 is 0 Å². The van der Waals surface area contributed by atoms with Crippen LogP contribution in [0, 0.1) is 5.92 Å². The highest BCUT2D eigenvalue weighted by molar-refractivity contribution is 5.80. The second-order valence-corrected chi connectivity index (χ2v) is 7.31. The summed E-state index contributed by atoms with van der Waals surface area (Å²) < 4.78 is 0. The lowest BCUT2D eigenvalue weighted by Gasteiger charge is -2.29. The average Bonchev–Trinajstić information content (AvgIpc) is 2.75. The van der Waals surface area contributed by atoms with Crippen molar-refractivity contribution in [3.05, 3.63) is 114 Å². The highest BCUT2D eigenvalue weighted by atomic mass is 16.3. The predicted molar refractivity (Wildman–Crippen MR) is 117 cm³/mol. The molecule has 3 aromatic rings. The van der Waals surface area contributed by atoms with Gasteiger partial charge in [0.2, 0.25) is 5.91 Å². The molecular formula is C26H27NO2. The Morgan fingerprint density at radius 1 is 0.931 bits per heavy atom. The molecule has 148 valence electrons. The molecule has 3 aromatic carbocycles. The first kappa shape index (κ1) is 20.4.